The maximum Gasteiger partial charge on any atom is 0.0305 e. The van der Waals surface area contributed by atoms with E-state index in [1.807, 2.05) is 11.3 Å². The van der Waals surface area contributed by atoms with Gasteiger partial charge in [0.2, 0.25) is 0 Å². The summed E-state index contributed by atoms with van der Waals surface area (Å²) in [5.74, 6) is 0. The molecule has 0 bridgehead atoms. The molecule has 1 heterocycles. The highest BCUT2D eigenvalue weighted by Crippen LogP contribution is 2.26. The number of nitrogens with one attached hydrogen (secondary N) is 1. The third kappa shape index (κ3) is 3.26. The molecule has 1 N–H and O–H groups in total. The number of hydrogen-bond acceptors (Lipinski definition) is 2. The average Bonchev–Trinajstić information content (AvgIpc) is 2.70. The minimum Gasteiger partial charge on any atom is -0.306 e. The molecule has 2 aromatic rings. The van der Waals surface area contributed by atoms with Crippen LogP contribution in [0, 0.1) is 27.7 Å². The van der Waals surface area contributed by atoms with Crippen LogP contribution in [-0.4, -0.2) is 0 Å². The monoisotopic (exact) mass is 273 g/mol. The molecule has 0 spiro atoms. The second-order valence-electron chi connectivity index (χ2n) is 5.33. The highest BCUT2D eigenvalue weighted by atomic mass is 32.1. The summed E-state index contributed by atoms with van der Waals surface area (Å²) < 4.78 is 0. The lowest BCUT2D eigenvalue weighted by Gasteiger charge is -2.16. The van der Waals surface area contributed by atoms with E-state index in [9.17, 15) is 0 Å². The first kappa shape index (κ1) is 14.3. The predicted octanol–water partition coefficient (Wildman–Crippen LogP) is 4.83. The van der Waals surface area contributed by atoms with Crippen LogP contribution in [0.25, 0.3) is 0 Å². The summed E-state index contributed by atoms with van der Waals surface area (Å²) in [6.45, 7) is 12.0. The maximum atomic E-state index is 3.64. The Morgan fingerprint density at radius 2 is 1.89 bits per heavy atom. The summed E-state index contributed by atoms with van der Waals surface area (Å²) in [6, 6.07) is 9.25. The van der Waals surface area contributed by atoms with Crippen molar-refractivity contribution in [3.05, 3.63) is 56.3 Å². The molecule has 0 aliphatic carbocycles. The van der Waals surface area contributed by atoms with E-state index >= 15 is 0 Å². The quantitative estimate of drug-likeness (QED) is 0.841. The number of benzene rings is 1. The molecule has 1 atom stereocenters. The predicted molar refractivity (Wildman–Crippen MR) is 85.0 cm³/mol. The van der Waals surface area contributed by atoms with Crippen LogP contribution in [0.2, 0.25) is 0 Å². The summed E-state index contributed by atoms with van der Waals surface area (Å²) in [4.78, 5) is 2.83. The first-order valence-corrected chi connectivity index (χ1v) is 7.66. The van der Waals surface area contributed by atoms with Crippen LogP contribution in [0.1, 0.15) is 45.0 Å². The van der Waals surface area contributed by atoms with Crippen molar-refractivity contribution in [2.45, 2.75) is 47.2 Å². The van der Waals surface area contributed by atoms with Gasteiger partial charge in [0.1, 0.15) is 0 Å². The first-order chi connectivity index (χ1) is 8.99. The fourth-order valence-electron chi connectivity index (χ4n) is 2.46. The number of hydrogen-bond donors (Lipinski definition) is 1. The fourth-order valence-corrected chi connectivity index (χ4v) is 3.48. The molecule has 1 nitrogen and oxygen atoms in total. The van der Waals surface area contributed by atoms with Gasteiger partial charge in [0.25, 0.3) is 0 Å². The van der Waals surface area contributed by atoms with Gasteiger partial charge in [-0.15, -0.1) is 11.3 Å². The average molecular weight is 273 g/mol. The van der Waals surface area contributed by atoms with Crippen molar-refractivity contribution < 1.29 is 0 Å². The van der Waals surface area contributed by atoms with Crippen molar-refractivity contribution >= 4 is 11.3 Å². The SMILES string of the molecule is Cc1cc(C(C)NCc2cccc(C)c2C)c(C)s1. The van der Waals surface area contributed by atoms with Gasteiger partial charge in [-0.25, -0.2) is 0 Å². The zero-order chi connectivity index (χ0) is 14.0. The van der Waals surface area contributed by atoms with Crippen LogP contribution < -0.4 is 5.32 Å². The number of thiophene rings is 1. The molecule has 102 valence electrons. The summed E-state index contributed by atoms with van der Waals surface area (Å²) in [5.41, 5.74) is 5.61. The first-order valence-electron chi connectivity index (χ1n) is 6.84. The van der Waals surface area contributed by atoms with E-state index in [0.717, 1.165) is 6.54 Å². The topological polar surface area (TPSA) is 12.0 Å². The Hall–Kier alpha value is -1.12. The molecular weight excluding hydrogens is 250 g/mol. The molecule has 0 saturated heterocycles. The Balaban J connectivity index is 2.06. The van der Waals surface area contributed by atoms with Gasteiger partial charge in [0.05, 0.1) is 0 Å². The second-order valence-corrected chi connectivity index (χ2v) is 6.79. The minimum atomic E-state index is 0.407. The third-order valence-electron chi connectivity index (χ3n) is 3.86. The number of rotatable bonds is 4. The molecule has 0 radical (unpaired) electrons. The second kappa shape index (κ2) is 5.89. The van der Waals surface area contributed by atoms with E-state index < -0.39 is 0 Å². The van der Waals surface area contributed by atoms with Crippen LogP contribution >= 0.6 is 11.3 Å². The molecule has 2 rings (SSSR count). The molecule has 0 amide bonds. The third-order valence-corrected chi connectivity index (χ3v) is 4.84. The normalized spacial score (nSPS) is 12.7. The van der Waals surface area contributed by atoms with E-state index in [1.165, 1.54) is 32.0 Å². The van der Waals surface area contributed by atoms with Crippen LogP contribution in [0.5, 0.6) is 0 Å². The van der Waals surface area contributed by atoms with Gasteiger partial charge in [0, 0.05) is 22.3 Å². The maximum absolute atomic E-state index is 3.64. The Morgan fingerprint density at radius 1 is 1.16 bits per heavy atom. The van der Waals surface area contributed by atoms with Crippen LogP contribution in [0.15, 0.2) is 24.3 Å². The zero-order valence-electron chi connectivity index (χ0n) is 12.5. The molecule has 1 aromatic heterocycles. The van der Waals surface area contributed by atoms with E-state index in [2.05, 4.69) is 64.2 Å². The smallest absolute Gasteiger partial charge is 0.0305 e. The summed E-state index contributed by atoms with van der Waals surface area (Å²) in [5, 5.41) is 3.64. The van der Waals surface area contributed by atoms with E-state index in [0.29, 0.717) is 6.04 Å². The molecule has 1 unspecified atom stereocenters. The molecule has 1 aromatic carbocycles. The summed E-state index contributed by atoms with van der Waals surface area (Å²) in [6.07, 6.45) is 0. The van der Waals surface area contributed by atoms with E-state index in [1.54, 1.807) is 0 Å². The van der Waals surface area contributed by atoms with Crippen molar-refractivity contribution in [3.8, 4) is 0 Å². The zero-order valence-corrected chi connectivity index (χ0v) is 13.3. The van der Waals surface area contributed by atoms with Crippen molar-refractivity contribution in [1.82, 2.24) is 5.32 Å². The van der Waals surface area contributed by atoms with Gasteiger partial charge in [-0.1, -0.05) is 18.2 Å². The molecule has 2 heteroatoms. The molecule has 0 saturated carbocycles. The highest BCUT2D eigenvalue weighted by Gasteiger charge is 2.11. The molecule has 0 fully saturated rings. The molecule has 19 heavy (non-hydrogen) atoms. The van der Waals surface area contributed by atoms with Gasteiger partial charge >= 0.3 is 0 Å². The van der Waals surface area contributed by atoms with Crippen molar-refractivity contribution in [3.63, 3.8) is 0 Å². The van der Waals surface area contributed by atoms with Crippen molar-refractivity contribution in [2.75, 3.05) is 0 Å². The van der Waals surface area contributed by atoms with Crippen LogP contribution in [-0.2, 0) is 6.54 Å². The Bertz CT molecular complexity index is 569. The van der Waals surface area contributed by atoms with Gasteiger partial charge < -0.3 is 5.32 Å². The highest BCUT2D eigenvalue weighted by molar-refractivity contribution is 7.12. The van der Waals surface area contributed by atoms with E-state index in [-0.39, 0.29) is 0 Å². The Morgan fingerprint density at radius 3 is 2.53 bits per heavy atom. The lowest BCUT2D eigenvalue weighted by atomic mass is 10.0. The summed E-state index contributed by atoms with van der Waals surface area (Å²) in [7, 11) is 0. The van der Waals surface area contributed by atoms with Gasteiger partial charge in [-0.05, 0) is 62.9 Å². The van der Waals surface area contributed by atoms with E-state index in [4.69, 9.17) is 0 Å². The lowest BCUT2D eigenvalue weighted by molar-refractivity contribution is 0.572. The summed E-state index contributed by atoms with van der Waals surface area (Å²) >= 11 is 1.88. The van der Waals surface area contributed by atoms with Crippen LogP contribution in [0.3, 0.4) is 0 Å². The molecule has 0 aliphatic rings. The number of aryl methyl sites for hydroxylation is 3. The van der Waals surface area contributed by atoms with Crippen molar-refractivity contribution in [1.29, 1.82) is 0 Å². The molecular formula is C17H23NS. The Kier molecular flexibility index (Phi) is 4.43. The lowest BCUT2D eigenvalue weighted by Crippen LogP contribution is -2.19. The van der Waals surface area contributed by atoms with Gasteiger partial charge in [-0.2, -0.15) is 0 Å². The Labute approximate surface area is 120 Å². The van der Waals surface area contributed by atoms with Crippen molar-refractivity contribution in [2.24, 2.45) is 0 Å². The fraction of sp³-hybridized carbons (Fsp3) is 0.412. The van der Waals surface area contributed by atoms with Crippen LogP contribution in [0.4, 0.5) is 0 Å². The standard InChI is InChI=1S/C17H23NS/c1-11-7-6-8-16(13(11)3)10-18-14(4)17-9-12(2)19-15(17)5/h6-9,14,18H,10H2,1-5H3. The van der Waals surface area contributed by atoms with Gasteiger partial charge in [0.15, 0.2) is 0 Å². The largest absolute Gasteiger partial charge is 0.306 e. The van der Waals surface area contributed by atoms with Gasteiger partial charge in [-0.3, -0.25) is 0 Å². The minimum absolute atomic E-state index is 0.407. The molecule has 0 aliphatic heterocycles.